The second kappa shape index (κ2) is 12.0. The average molecular weight is 686 g/mol. The number of piperidine rings is 1. The van der Waals surface area contributed by atoms with Crippen molar-refractivity contribution in [3.63, 3.8) is 0 Å². The van der Waals surface area contributed by atoms with E-state index >= 15 is 0 Å². The van der Waals surface area contributed by atoms with Crippen LogP contribution in [0.5, 0.6) is 0 Å². The Balaban J connectivity index is 1.40. The van der Waals surface area contributed by atoms with Crippen LogP contribution in [-0.4, -0.2) is 75.7 Å². The van der Waals surface area contributed by atoms with E-state index in [0.29, 0.717) is 42.5 Å². The molecular formula is C31H30Cl2N6O6S. The number of carbonyl (C=O) groups excluding carboxylic acids is 2. The average Bonchev–Trinajstić information content (AvgIpc) is 3.74. The molecule has 0 bridgehead atoms. The Labute approximate surface area is 275 Å². The molecule has 0 spiro atoms. The molecular weight excluding hydrogens is 655 g/mol. The highest BCUT2D eigenvalue weighted by Gasteiger charge is 2.53. The van der Waals surface area contributed by atoms with E-state index in [4.69, 9.17) is 23.2 Å². The van der Waals surface area contributed by atoms with Crippen LogP contribution in [0.15, 0.2) is 53.7 Å². The molecule has 2 unspecified atom stereocenters. The lowest BCUT2D eigenvalue weighted by Gasteiger charge is -2.34. The number of imidazole rings is 1. The van der Waals surface area contributed by atoms with Crippen molar-refractivity contribution in [2.45, 2.75) is 55.6 Å². The summed E-state index contributed by atoms with van der Waals surface area (Å²) in [6, 6.07) is 12.4. The van der Waals surface area contributed by atoms with Gasteiger partial charge >= 0.3 is 5.97 Å². The summed E-state index contributed by atoms with van der Waals surface area (Å²) < 4.78 is 31.5. The van der Waals surface area contributed by atoms with Gasteiger partial charge in [0.25, 0.3) is 15.9 Å². The van der Waals surface area contributed by atoms with Crippen molar-refractivity contribution in [1.82, 2.24) is 18.8 Å². The summed E-state index contributed by atoms with van der Waals surface area (Å²) >= 11 is 12.6. The maximum atomic E-state index is 14.5. The highest BCUT2D eigenvalue weighted by molar-refractivity contribution is 7.89. The number of sulfonamides is 1. The number of nitriles is 1. The van der Waals surface area contributed by atoms with Gasteiger partial charge in [-0.2, -0.15) is 9.57 Å². The summed E-state index contributed by atoms with van der Waals surface area (Å²) in [5.41, 5.74) is -0.0659. The van der Waals surface area contributed by atoms with Crippen molar-refractivity contribution in [2.24, 2.45) is 5.92 Å². The third-order valence-corrected chi connectivity index (χ3v) is 11.3. The molecule has 2 fully saturated rings. The van der Waals surface area contributed by atoms with Gasteiger partial charge in [0.2, 0.25) is 11.9 Å². The van der Waals surface area contributed by atoms with E-state index in [2.05, 4.69) is 11.1 Å². The number of fused-ring (bicyclic) bond motifs is 1. The highest BCUT2D eigenvalue weighted by Crippen LogP contribution is 2.45. The number of aromatic nitrogens is 2. The Kier molecular flexibility index (Phi) is 8.35. The lowest BCUT2D eigenvalue weighted by Crippen LogP contribution is -2.51. The highest BCUT2D eigenvalue weighted by atomic mass is 35.5. The van der Waals surface area contributed by atoms with Crippen LogP contribution in [0.4, 0.5) is 11.6 Å². The van der Waals surface area contributed by atoms with Crippen molar-refractivity contribution in [1.29, 1.82) is 5.26 Å². The van der Waals surface area contributed by atoms with E-state index in [0.717, 1.165) is 0 Å². The first-order valence-corrected chi connectivity index (χ1v) is 17.0. The van der Waals surface area contributed by atoms with Crippen LogP contribution in [0, 0.1) is 17.2 Å². The summed E-state index contributed by atoms with van der Waals surface area (Å²) in [5, 5.41) is 18.9. The van der Waals surface area contributed by atoms with Gasteiger partial charge in [-0.3, -0.25) is 19.0 Å². The Morgan fingerprint density at radius 2 is 1.72 bits per heavy atom. The summed E-state index contributed by atoms with van der Waals surface area (Å²) in [4.78, 5) is 46.7. The second-order valence-corrected chi connectivity index (χ2v) is 14.7. The molecule has 2 aromatic carbocycles. The fourth-order valence-corrected chi connectivity index (χ4v) is 9.02. The first kappa shape index (κ1) is 32.0. The molecule has 3 aliphatic heterocycles. The zero-order chi connectivity index (χ0) is 33.0. The maximum absolute atomic E-state index is 14.5. The van der Waals surface area contributed by atoms with Gasteiger partial charge in [0.15, 0.2) is 5.03 Å². The number of carboxylic acid groups (broad SMARTS) is 1. The van der Waals surface area contributed by atoms with Gasteiger partial charge in [0, 0.05) is 36.1 Å². The molecule has 0 saturated carbocycles. The molecule has 1 N–H and O–H groups in total. The molecule has 3 aliphatic rings. The molecule has 2 atom stereocenters. The number of carboxylic acids is 1. The second-order valence-electron chi connectivity index (χ2n) is 12.0. The number of hydrogen-bond donors (Lipinski definition) is 1. The Morgan fingerprint density at radius 3 is 2.33 bits per heavy atom. The van der Waals surface area contributed by atoms with Crippen LogP contribution in [0.25, 0.3) is 0 Å². The summed E-state index contributed by atoms with van der Waals surface area (Å²) in [5.74, 6) is -2.22. The number of hydrogen-bond acceptors (Lipinski definition) is 7. The fourth-order valence-electron chi connectivity index (χ4n) is 6.66. The van der Waals surface area contributed by atoms with Crippen LogP contribution < -0.4 is 4.90 Å². The van der Waals surface area contributed by atoms with Crippen LogP contribution >= 0.6 is 23.2 Å². The van der Waals surface area contributed by atoms with Gasteiger partial charge in [-0.05, 0) is 68.5 Å². The quantitative estimate of drug-likeness (QED) is 0.389. The lowest BCUT2D eigenvalue weighted by molar-refractivity contribution is -0.146. The Hall–Kier alpha value is -3.96. The van der Waals surface area contributed by atoms with E-state index in [1.807, 2.05) is 0 Å². The van der Waals surface area contributed by atoms with E-state index < -0.39 is 39.4 Å². The zero-order valence-electron chi connectivity index (χ0n) is 24.8. The van der Waals surface area contributed by atoms with Gasteiger partial charge in [0.1, 0.15) is 11.6 Å². The lowest BCUT2D eigenvalue weighted by atomic mass is 9.91. The van der Waals surface area contributed by atoms with E-state index in [1.165, 1.54) is 38.2 Å². The van der Waals surface area contributed by atoms with Gasteiger partial charge < -0.3 is 10.0 Å². The summed E-state index contributed by atoms with van der Waals surface area (Å²) in [6.07, 6.45) is 2.63. The molecule has 3 aromatic rings. The smallest absolute Gasteiger partial charge is 0.306 e. The topological polar surface area (TPSA) is 157 Å². The number of aliphatic carboxylic acids is 1. The largest absolute Gasteiger partial charge is 0.481 e. The van der Waals surface area contributed by atoms with Gasteiger partial charge in [-0.25, -0.2) is 18.3 Å². The van der Waals surface area contributed by atoms with E-state index in [9.17, 15) is 33.2 Å². The van der Waals surface area contributed by atoms with Crippen LogP contribution in [0.3, 0.4) is 0 Å². The predicted octanol–water partition coefficient (Wildman–Crippen LogP) is 4.17. The predicted molar refractivity (Wildman–Crippen MR) is 168 cm³/mol. The van der Waals surface area contributed by atoms with Crippen molar-refractivity contribution in [3.8, 4) is 6.07 Å². The third kappa shape index (κ3) is 5.43. The zero-order valence-corrected chi connectivity index (χ0v) is 27.1. The molecule has 46 heavy (non-hydrogen) atoms. The number of carbonyl (C=O) groups is 3. The minimum atomic E-state index is -4.38. The molecule has 0 aliphatic carbocycles. The number of halogens is 2. The standard InChI is InChI=1S/C31H30Cl2N6O6S/c1-31(16-19-4-6-20(17-34)7-5-19)29(43)38(24-14-22(32)13-23(33)15-24)30-35-18-26(39(30)31)46(44,45)37-10-2-3-25(37)27(40)36-11-8-21(9-12-36)28(41)42/h4-7,13-15,18,21,25H,2-3,8-12,16H2,1H3,(H,41,42). The first-order chi connectivity index (χ1) is 21.8. The molecule has 6 rings (SSSR count). The maximum Gasteiger partial charge on any atom is 0.306 e. The normalized spacial score (nSPS) is 22.2. The van der Waals surface area contributed by atoms with Crippen molar-refractivity contribution < 1.29 is 27.9 Å². The fraction of sp³-hybridized carbons (Fsp3) is 0.387. The third-order valence-electron chi connectivity index (χ3n) is 9.02. The molecule has 4 heterocycles. The van der Waals surface area contributed by atoms with Gasteiger partial charge in [0.05, 0.1) is 29.4 Å². The van der Waals surface area contributed by atoms with Crippen LogP contribution in [-0.2, 0) is 36.4 Å². The minimum Gasteiger partial charge on any atom is -0.481 e. The number of rotatable bonds is 7. The Bertz CT molecular complexity index is 1860. The summed E-state index contributed by atoms with van der Waals surface area (Å²) in [6.45, 7) is 2.19. The van der Waals surface area contributed by atoms with Crippen molar-refractivity contribution in [2.75, 3.05) is 24.5 Å². The van der Waals surface area contributed by atoms with Gasteiger partial charge in [-0.1, -0.05) is 35.3 Å². The number of nitrogens with zero attached hydrogens (tertiary/aromatic N) is 6. The van der Waals surface area contributed by atoms with Crippen molar-refractivity contribution >= 4 is 62.6 Å². The van der Waals surface area contributed by atoms with Gasteiger partial charge in [-0.15, -0.1) is 0 Å². The molecule has 2 amide bonds. The summed E-state index contributed by atoms with van der Waals surface area (Å²) in [7, 11) is -4.38. The van der Waals surface area contributed by atoms with Crippen molar-refractivity contribution in [3.05, 3.63) is 69.8 Å². The number of benzene rings is 2. The molecule has 240 valence electrons. The van der Waals surface area contributed by atoms with E-state index in [1.54, 1.807) is 36.1 Å². The molecule has 15 heteroatoms. The first-order valence-electron chi connectivity index (χ1n) is 14.8. The molecule has 12 nitrogen and oxygen atoms in total. The molecule has 0 radical (unpaired) electrons. The van der Waals surface area contributed by atoms with E-state index in [-0.39, 0.29) is 53.0 Å². The number of amides is 2. The molecule has 1 aromatic heterocycles. The number of likely N-dealkylation sites (tertiary alicyclic amines) is 1. The van der Waals surface area contributed by atoms with Crippen LogP contribution in [0.1, 0.15) is 43.7 Å². The number of anilines is 2. The minimum absolute atomic E-state index is 0.0517. The molecule has 2 saturated heterocycles. The Morgan fingerprint density at radius 1 is 1.07 bits per heavy atom. The monoisotopic (exact) mass is 684 g/mol. The SMILES string of the molecule is CC1(Cc2ccc(C#N)cc2)C(=O)N(c2cc(Cl)cc(Cl)c2)c2ncc(S(=O)(=O)N3CCCC3C(=O)N3CCC(C(=O)O)CC3)n21. The van der Waals surface area contributed by atoms with Crippen LogP contribution in [0.2, 0.25) is 10.0 Å².